The maximum Gasteiger partial charge on any atom is 0.226 e. The minimum atomic E-state index is 0.159. The van der Waals surface area contributed by atoms with Crippen LogP contribution in [0.1, 0.15) is 31.7 Å². The molecule has 2 heterocycles. The van der Waals surface area contributed by atoms with Crippen LogP contribution in [-0.2, 0) is 11.2 Å². The van der Waals surface area contributed by atoms with Gasteiger partial charge in [-0.15, -0.1) is 0 Å². The largest absolute Gasteiger partial charge is 0.326 e. The number of rotatable bonds is 5. The van der Waals surface area contributed by atoms with E-state index in [4.69, 9.17) is 0 Å². The van der Waals surface area contributed by atoms with E-state index in [1.165, 1.54) is 29.5 Å². The molecule has 2 aromatic rings. The zero-order chi connectivity index (χ0) is 17.9. The van der Waals surface area contributed by atoms with Crippen LogP contribution >= 0.6 is 0 Å². The molecular weight excluding hydrogens is 320 g/mol. The summed E-state index contributed by atoms with van der Waals surface area (Å²) < 4.78 is 0. The number of nitrogens with zero attached hydrogens (tertiary/aromatic N) is 2. The van der Waals surface area contributed by atoms with Gasteiger partial charge in [0.05, 0.1) is 6.67 Å². The maximum absolute atomic E-state index is 12.6. The molecule has 2 fully saturated rings. The van der Waals surface area contributed by atoms with Gasteiger partial charge in [0.25, 0.3) is 0 Å². The van der Waals surface area contributed by atoms with Gasteiger partial charge in [0.2, 0.25) is 5.91 Å². The van der Waals surface area contributed by atoms with Crippen molar-refractivity contribution in [3.8, 4) is 11.1 Å². The standard InChI is InChI=1S/C23H28N2O/c1-18-15-22(25(23(18)26)17-24-13-5-6-14-24)16-19-9-11-21(12-10-19)20-7-3-2-4-8-20/h2-4,7-12,18,22H,5-6,13-17H2,1H3/t18?,22-/m0/s1. The third-order valence-corrected chi connectivity index (χ3v) is 5.85. The summed E-state index contributed by atoms with van der Waals surface area (Å²) in [6.07, 6.45) is 4.47. The topological polar surface area (TPSA) is 23.6 Å². The molecular formula is C23H28N2O. The number of hydrogen-bond acceptors (Lipinski definition) is 2. The second-order valence-corrected chi connectivity index (χ2v) is 7.83. The monoisotopic (exact) mass is 348 g/mol. The molecule has 0 saturated carbocycles. The summed E-state index contributed by atoms with van der Waals surface area (Å²) in [7, 11) is 0. The quantitative estimate of drug-likeness (QED) is 0.809. The van der Waals surface area contributed by atoms with Crippen molar-refractivity contribution >= 4 is 5.91 Å². The zero-order valence-electron chi connectivity index (χ0n) is 15.6. The Morgan fingerprint density at radius 1 is 0.923 bits per heavy atom. The second-order valence-electron chi connectivity index (χ2n) is 7.83. The van der Waals surface area contributed by atoms with E-state index >= 15 is 0 Å². The van der Waals surface area contributed by atoms with E-state index in [0.29, 0.717) is 11.9 Å². The van der Waals surface area contributed by atoms with Crippen LogP contribution in [0.5, 0.6) is 0 Å². The van der Waals surface area contributed by atoms with E-state index in [1.54, 1.807) is 0 Å². The lowest BCUT2D eigenvalue weighted by molar-refractivity contribution is -0.133. The third-order valence-electron chi connectivity index (χ3n) is 5.85. The van der Waals surface area contributed by atoms with Crippen LogP contribution in [0.25, 0.3) is 11.1 Å². The van der Waals surface area contributed by atoms with Crippen molar-refractivity contribution in [2.75, 3.05) is 19.8 Å². The summed E-state index contributed by atoms with van der Waals surface area (Å²) in [5, 5.41) is 0. The van der Waals surface area contributed by atoms with Gasteiger partial charge in [-0.3, -0.25) is 9.69 Å². The molecule has 0 aromatic heterocycles. The van der Waals surface area contributed by atoms with E-state index in [1.807, 2.05) is 6.07 Å². The first-order chi connectivity index (χ1) is 12.7. The van der Waals surface area contributed by atoms with Crippen LogP contribution in [-0.4, -0.2) is 41.5 Å². The highest BCUT2D eigenvalue weighted by Gasteiger charge is 2.37. The summed E-state index contributed by atoms with van der Waals surface area (Å²) in [5.74, 6) is 0.494. The van der Waals surface area contributed by atoms with Gasteiger partial charge in [-0.25, -0.2) is 0 Å². The fraction of sp³-hybridized carbons (Fsp3) is 0.435. The number of hydrogen-bond donors (Lipinski definition) is 0. The van der Waals surface area contributed by atoms with Crippen LogP contribution < -0.4 is 0 Å². The molecule has 0 spiro atoms. The minimum Gasteiger partial charge on any atom is -0.326 e. The molecule has 2 atom stereocenters. The van der Waals surface area contributed by atoms with Crippen molar-refractivity contribution in [1.29, 1.82) is 0 Å². The number of amides is 1. The average molecular weight is 348 g/mol. The third kappa shape index (κ3) is 3.68. The van der Waals surface area contributed by atoms with E-state index < -0.39 is 0 Å². The van der Waals surface area contributed by atoms with Crippen molar-refractivity contribution < 1.29 is 4.79 Å². The van der Waals surface area contributed by atoms with Crippen LogP contribution in [0.15, 0.2) is 54.6 Å². The van der Waals surface area contributed by atoms with Gasteiger partial charge in [0.1, 0.15) is 0 Å². The number of benzene rings is 2. The van der Waals surface area contributed by atoms with Gasteiger partial charge in [-0.2, -0.15) is 0 Å². The van der Waals surface area contributed by atoms with E-state index in [0.717, 1.165) is 32.6 Å². The molecule has 1 amide bonds. The van der Waals surface area contributed by atoms with E-state index in [-0.39, 0.29) is 5.92 Å². The SMILES string of the molecule is CC1C[C@@H](Cc2ccc(-c3ccccc3)cc2)N(CN2CCCC2)C1=O. The molecule has 26 heavy (non-hydrogen) atoms. The zero-order valence-corrected chi connectivity index (χ0v) is 15.6. The normalized spacial score (nSPS) is 23.7. The molecule has 2 aliphatic rings. The highest BCUT2D eigenvalue weighted by Crippen LogP contribution is 2.28. The van der Waals surface area contributed by atoms with Crippen molar-refractivity contribution in [3.63, 3.8) is 0 Å². The van der Waals surface area contributed by atoms with Gasteiger partial charge in [0, 0.05) is 12.0 Å². The Morgan fingerprint density at radius 3 is 2.27 bits per heavy atom. The van der Waals surface area contributed by atoms with Crippen molar-refractivity contribution in [3.05, 3.63) is 60.2 Å². The van der Waals surface area contributed by atoms with Crippen molar-refractivity contribution in [2.45, 2.75) is 38.6 Å². The van der Waals surface area contributed by atoms with E-state index in [9.17, 15) is 4.79 Å². The lowest BCUT2D eigenvalue weighted by Crippen LogP contribution is -2.43. The smallest absolute Gasteiger partial charge is 0.226 e. The molecule has 0 bridgehead atoms. The summed E-state index contributed by atoms with van der Waals surface area (Å²) in [6.45, 7) is 5.17. The summed E-state index contributed by atoms with van der Waals surface area (Å²) in [6, 6.07) is 19.7. The average Bonchev–Trinajstić information content (AvgIpc) is 3.28. The Kier molecular flexibility index (Phi) is 5.07. The Bertz CT molecular complexity index is 735. The van der Waals surface area contributed by atoms with Gasteiger partial charge in [-0.1, -0.05) is 61.5 Å². The Labute approximate surface area is 156 Å². The lowest BCUT2D eigenvalue weighted by Gasteiger charge is -2.29. The second kappa shape index (κ2) is 7.63. The predicted octanol–water partition coefficient (Wildman–Crippen LogP) is 4.19. The summed E-state index contributed by atoms with van der Waals surface area (Å²) in [5.41, 5.74) is 3.82. The number of likely N-dealkylation sites (tertiary alicyclic amines) is 2. The molecule has 3 heteroatoms. The van der Waals surface area contributed by atoms with Gasteiger partial charge >= 0.3 is 0 Å². The molecule has 3 nitrogen and oxygen atoms in total. The molecule has 4 rings (SSSR count). The molecule has 2 saturated heterocycles. The fourth-order valence-corrected chi connectivity index (χ4v) is 4.35. The number of carbonyl (C=O) groups excluding carboxylic acids is 1. The van der Waals surface area contributed by atoms with Gasteiger partial charge < -0.3 is 4.90 Å². The summed E-state index contributed by atoms with van der Waals surface area (Å²) >= 11 is 0. The Hall–Kier alpha value is -2.13. The lowest BCUT2D eigenvalue weighted by atomic mass is 9.98. The van der Waals surface area contributed by atoms with Crippen molar-refractivity contribution in [1.82, 2.24) is 9.80 Å². The fourth-order valence-electron chi connectivity index (χ4n) is 4.35. The van der Waals surface area contributed by atoms with Gasteiger partial charge in [0.15, 0.2) is 0 Å². The minimum absolute atomic E-state index is 0.159. The van der Waals surface area contributed by atoms with Crippen molar-refractivity contribution in [2.24, 2.45) is 5.92 Å². The molecule has 2 aromatic carbocycles. The molecule has 0 N–H and O–H groups in total. The highest BCUT2D eigenvalue weighted by atomic mass is 16.2. The molecule has 2 aliphatic heterocycles. The first-order valence-electron chi connectivity index (χ1n) is 9.88. The molecule has 0 radical (unpaired) electrons. The molecule has 136 valence electrons. The van der Waals surface area contributed by atoms with E-state index in [2.05, 4.69) is 65.3 Å². The summed E-state index contributed by atoms with van der Waals surface area (Å²) in [4.78, 5) is 17.2. The predicted molar refractivity (Wildman–Crippen MR) is 106 cm³/mol. The first-order valence-corrected chi connectivity index (χ1v) is 9.88. The molecule has 0 aliphatic carbocycles. The van der Waals surface area contributed by atoms with Gasteiger partial charge in [-0.05, 0) is 55.5 Å². The Morgan fingerprint density at radius 2 is 1.58 bits per heavy atom. The first kappa shape index (κ1) is 17.3. The Balaban J connectivity index is 1.45. The van der Waals surface area contributed by atoms with Crippen LogP contribution in [0.3, 0.4) is 0 Å². The van der Waals surface area contributed by atoms with Crippen LogP contribution in [0, 0.1) is 5.92 Å². The van der Waals surface area contributed by atoms with Crippen LogP contribution in [0.2, 0.25) is 0 Å². The van der Waals surface area contributed by atoms with Crippen LogP contribution in [0.4, 0.5) is 0 Å². The number of carbonyl (C=O) groups is 1. The molecule has 1 unspecified atom stereocenters. The maximum atomic E-state index is 12.6. The highest BCUT2D eigenvalue weighted by molar-refractivity contribution is 5.81.